The maximum atomic E-state index is 5.47. The van der Waals surface area contributed by atoms with E-state index in [4.69, 9.17) is 4.74 Å². The van der Waals surface area contributed by atoms with Gasteiger partial charge >= 0.3 is 0 Å². The SMILES string of the molecule is Brc1ccc(C(=Cc2cccnc2)N2CCOCC2)cc1. The first-order valence-corrected chi connectivity index (χ1v) is 7.82. The molecular weight excluding hydrogens is 328 g/mol. The third-order valence-corrected chi connectivity index (χ3v) is 4.01. The fraction of sp³-hybridized carbons (Fsp3) is 0.235. The number of nitrogens with zero attached hydrogens (tertiary/aromatic N) is 2. The van der Waals surface area contributed by atoms with E-state index < -0.39 is 0 Å². The Balaban J connectivity index is 1.97. The topological polar surface area (TPSA) is 25.4 Å². The second kappa shape index (κ2) is 6.87. The lowest BCUT2D eigenvalue weighted by molar-refractivity contribution is 0.0642. The van der Waals surface area contributed by atoms with Crippen LogP contribution in [0.15, 0.2) is 53.3 Å². The monoisotopic (exact) mass is 344 g/mol. The maximum Gasteiger partial charge on any atom is 0.0642 e. The molecule has 4 heteroatoms. The van der Waals surface area contributed by atoms with Gasteiger partial charge in [-0.25, -0.2) is 0 Å². The highest BCUT2D eigenvalue weighted by Crippen LogP contribution is 2.24. The average molecular weight is 345 g/mol. The van der Waals surface area contributed by atoms with E-state index >= 15 is 0 Å². The van der Waals surface area contributed by atoms with Crippen molar-refractivity contribution in [1.82, 2.24) is 9.88 Å². The molecule has 2 heterocycles. The number of pyridine rings is 1. The molecule has 1 aromatic carbocycles. The summed E-state index contributed by atoms with van der Waals surface area (Å²) in [4.78, 5) is 6.57. The van der Waals surface area contributed by atoms with Crippen molar-refractivity contribution in [1.29, 1.82) is 0 Å². The zero-order valence-electron chi connectivity index (χ0n) is 11.7. The van der Waals surface area contributed by atoms with Crippen LogP contribution in [0.25, 0.3) is 11.8 Å². The Hall–Kier alpha value is -1.65. The normalized spacial score (nSPS) is 16.0. The number of hydrogen-bond acceptors (Lipinski definition) is 3. The highest BCUT2D eigenvalue weighted by atomic mass is 79.9. The van der Waals surface area contributed by atoms with E-state index in [2.05, 4.69) is 62.2 Å². The van der Waals surface area contributed by atoms with E-state index in [1.165, 1.54) is 11.3 Å². The van der Waals surface area contributed by atoms with Crippen molar-refractivity contribution >= 4 is 27.7 Å². The van der Waals surface area contributed by atoms with Crippen LogP contribution in [0, 0.1) is 0 Å². The fourth-order valence-corrected chi connectivity index (χ4v) is 2.67. The lowest BCUT2D eigenvalue weighted by atomic mass is 10.1. The summed E-state index contributed by atoms with van der Waals surface area (Å²) in [5.74, 6) is 0. The van der Waals surface area contributed by atoms with E-state index in [1.807, 2.05) is 12.3 Å². The van der Waals surface area contributed by atoms with Crippen LogP contribution in [0.4, 0.5) is 0 Å². The van der Waals surface area contributed by atoms with Gasteiger partial charge in [0.15, 0.2) is 0 Å². The minimum atomic E-state index is 0.779. The summed E-state index contributed by atoms with van der Waals surface area (Å²) >= 11 is 3.49. The van der Waals surface area contributed by atoms with Gasteiger partial charge in [0.1, 0.15) is 0 Å². The molecule has 1 saturated heterocycles. The second-order valence-corrected chi connectivity index (χ2v) is 5.84. The molecule has 0 radical (unpaired) electrons. The van der Waals surface area contributed by atoms with Crippen molar-refractivity contribution in [3.8, 4) is 0 Å². The van der Waals surface area contributed by atoms with E-state index in [0.717, 1.165) is 36.3 Å². The molecular formula is C17H17BrN2O. The van der Waals surface area contributed by atoms with Gasteiger partial charge in [0.2, 0.25) is 0 Å². The van der Waals surface area contributed by atoms with E-state index in [0.29, 0.717) is 0 Å². The van der Waals surface area contributed by atoms with Crippen molar-refractivity contribution < 1.29 is 4.74 Å². The summed E-state index contributed by atoms with van der Waals surface area (Å²) in [6.45, 7) is 3.39. The summed E-state index contributed by atoms with van der Waals surface area (Å²) in [5.41, 5.74) is 3.55. The Morgan fingerprint density at radius 3 is 2.57 bits per heavy atom. The van der Waals surface area contributed by atoms with E-state index in [1.54, 1.807) is 6.20 Å². The first-order chi connectivity index (χ1) is 10.3. The van der Waals surface area contributed by atoms with Crippen molar-refractivity contribution in [2.24, 2.45) is 0 Å². The number of aromatic nitrogens is 1. The summed E-state index contributed by atoms with van der Waals surface area (Å²) in [6, 6.07) is 12.5. The first-order valence-electron chi connectivity index (χ1n) is 7.03. The van der Waals surface area contributed by atoms with Gasteiger partial charge in [0, 0.05) is 35.7 Å². The van der Waals surface area contributed by atoms with Crippen molar-refractivity contribution in [2.75, 3.05) is 26.3 Å². The van der Waals surface area contributed by atoms with Crippen LogP contribution >= 0.6 is 15.9 Å². The third-order valence-electron chi connectivity index (χ3n) is 3.48. The van der Waals surface area contributed by atoms with Crippen LogP contribution in [0.3, 0.4) is 0 Å². The van der Waals surface area contributed by atoms with Gasteiger partial charge in [0.05, 0.1) is 13.2 Å². The number of halogens is 1. The minimum absolute atomic E-state index is 0.779. The highest BCUT2D eigenvalue weighted by molar-refractivity contribution is 9.10. The molecule has 108 valence electrons. The van der Waals surface area contributed by atoms with Crippen LogP contribution in [0.1, 0.15) is 11.1 Å². The van der Waals surface area contributed by atoms with Crippen LogP contribution in [-0.2, 0) is 4.74 Å². The molecule has 3 rings (SSSR count). The van der Waals surface area contributed by atoms with Gasteiger partial charge in [-0.3, -0.25) is 4.98 Å². The fourth-order valence-electron chi connectivity index (χ4n) is 2.40. The first kappa shape index (κ1) is 14.3. The Morgan fingerprint density at radius 2 is 1.90 bits per heavy atom. The van der Waals surface area contributed by atoms with Gasteiger partial charge < -0.3 is 9.64 Å². The standard InChI is InChI=1S/C17H17BrN2O/c18-16-5-3-15(4-6-16)17(20-8-10-21-11-9-20)12-14-2-1-7-19-13-14/h1-7,12-13H,8-11H2. The third kappa shape index (κ3) is 3.71. The molecule has 1 fully saturated rings. The van der Waals surface area contributed by atoms with Crippen LogP contribution in [0.5, 0.6) is 0 Å². The quantitative estimate of drug-likeness (QED) is 0.849. The van der Waals surface area contributed by atoms with Crippen LogP contribution < -0.4 is 0 Å². The van der Waals surface area contributed by atoms with E-state index in [9.17, 15) is 0 Å². The number of benzene rings is 1. The molecule has 3 nitrogen and oxygen atoms in total. The molecule has 0 atom stereocenters. The molecule has 1 aliphatic heterocycles. The second-order valence-electron chi connectivity index (χ2n) is 4.92. The van der Waals surface area contributed by atoms with Gasteiger partial charge in [-0.2, -0.15) is 0 Å². The Morgan fingerprint density at radius 1 is 1.14 bits per heavy atom. The van der Waals surface area contributed by atoms with Crippen molar-refractivity contribution in [2.45, 2.75) is 0 Å². The van der Waals surface area contributed by atoms with Gasteiger partial charge in [-0.05, 0) is 35.4 Å². The number of ether oxygens (including phenoxy) is 1. The zero-order chi connectivity index (χ0) is 14.5. The summed E-state index contributed by atoms with van der Waals surface area (Å²) in [6.07, 6.45) is 5.88. The zero-order valence-corrected chi connectivity index (χ0v) is 13.3. The van der Waals surface area contributed by atoms with Crippen LogP contribution in [0.2, 0.25) is 0 Å². The minimum Gasteiger partial charge on any atom is -0.378 e. The lowest BCUT2D eigenvalue weighted by Crippen LogP contribution is -2.34. The molecule has 0 amide bonds. The molecule has 0 aliphatic carbocycles. The molecule has 21 heavy (non-hydrogen) atoms. The molecule has 0 spiro atoms. The predicted molar refractivity (Wildman–Crippen MR) is 88.6 cm³/mol. The summed E-state index contributed by atoms with van der Waals surface area (Å²) in [5, 5.41) is 0. The highest BCUT2D eigenvalue weighted by Gasteiger charge is 2.15. The Labute approximate surface area is 133 Å². The summed E-state index contributed by atoms with van der Waals surface area (Å²) in [7, 11) is 0. The molecule has 0 saturated carbocycles. The molecule has 2 aromatic rings. The lowest BCUT2D eigenvalue weighted by Gasteiger charge is -2.31. The van der Waals surface area contributed by atoms with Crippen molar-refractivity contribution in [3.63, 3.8) is 0 Å². The molecule has 1 aliphatic rings. The van der Waals surface area contributed by atoms with Crippen molar-refractivity contribution in [3.05, 3.63) is 64.4 Å². The summed E-state index contributed by atoms with van der Waals surface area (Å²) < 4.78 is 6.56. The largest absolute Gasteiger partial charge is 0.378 e. The Bertz CT molecular complexity index is 604. The maximum absolute atomic E-state index is 5.47. The number of morpholine rings is 1. The smallest absolute Gasteiger partial charge is 0.0642 e. The molecule has 0 N–H and O–H groups in total. The van der Waals surface area contributed by atoms with Crippen LogP contribution in [-0.4, -0.2) is 36.2 Å². The van der Waals surface area contributed by atoms with Gasteiger partial charge in [-0.1, -0.05) is 34.1 Å². The molecule has 0 bridgehead atoms. The number of rotatable bonds is 3. The number of hydrogen-bond donors (Lipinski definition) is 0. The average Bonchev–Trinajstić information content (AvgIpc) is 2.55. The van der Waals surface area contributed by atoms with Gasteiger partial charge in [0.25, 0.3) is 0 Å². The molecule has 1 aromatic heterocycles. The Kier molecular flexibility index (Phi) is 4.68. The van der Waals surface area contributed by atoms with Gasteiger partial charge in [-0.15, -0.1) is 0 Å². The predicted octanol–water partition coefficient (Wildman–Crippen LogP) is 3.67. The van der Waals surface area contributed by atoms with E-state index in [-0.39, 0.29) is 0 Å². The molecule has 0 unspecified atom stereocenters.